The van der Waals surface area contributed by atoms with Crippen LogP contribution >= 0.6 is 11.8 Å². The van der Waals surface area contributed by atoms with Crippen molar-refractivity contribution in [1.82, 2.24) is 5.43 Å². The van der Waals surface area contributed by atoms with Gasteiger partial charge in [-0.3, -0.25) is 4.99 Å². The van der Waals surface area contributed by atoms with Crippen molar-refractivity contribution in [3.63, 3.8) is 0 Å². The molecule has 0 unspecified atom stereocenters. The highest BCUT2D eigenvalue weighted by Crippen LogP contribution is 2.26. The Balaban J connectivity index is 2.32. The Morgan fingerprint density at radius 3 is 2.80 bits per heavy atom. The second-order valence-corrected chi connectivity index (χ2v) is 4.40. The molecule has 2 rings (SSSR count). The van der Waals surface area contributed by atoms with Crippen molar-refractivity contribution in [3.8, 4) is 0 Å². The predicted octanol–water partition coefficient (Wildman–Crippen LogP) is 1.78. The van der Waals surface area contributed by atoms with E-state index in [4.69, 9.17) is 5.84 Å². The molecule has 3 nitrogen and oxygen atoms in total. The number of hydrazine groups is 1. The van der Waals surface area contributed by atoms with Crippen LogP contribution in [0.5, 0.6) is 0 Å². The highest BCUT2D eigenvalue weighted by Gasteiger charge is 2.21. The van der Waals surface area contributed by atoms with E-state index in [-0.39, 0.29) is 0 Å². The summed E-state index contributed by atoms with van der Waals surface area (Å²) in [6.07, 6.45) is 4.43. The third kappa shape index (κ3) is 2.52. The van der Waals surface area contributed by atoms with Gasteiger partial charge in [-0.2, -0.15) is 0 Å². The van der Waals surface area contributed by atoms with Gasteiger partial charge in [-0.05, 0) is 25.2 Å². The normalized spacial score (nSPS) is 16.5. The van der Waals surface area contributed by atoms with Crippen LogP contribution in [0, 0.1) is 0 Å². The third-order valence-electron chi connectivity index (χ3n) is 2.36. The molecular formula is C11H15N3S. The van der Waals surface area contributed by atoms with Gasteiger partial charge in [0.2, 0.25) is 0 Å². The molecule has 1 aromatic carbocycles. The zero-order chi connectivity index (χ0) is 10.7. The number of amidine groups is 1. The van der Waals surface area contributed by atoms with E-state index < -0.39 is 0 Å². The fraction of sp³-hybridized carbons (Fsp3) is 0.364. The minimum Gasteiger partial charge on any atom is -0.308 e. The van der Waals surface area contributed by atoms with Crippen LogP contribution in [0.1, 0.15) is 18.4 Å². The van der Waals surface area contributed by atoms with Gasteiger partial charge in [0.05, 0.1) is 6.04 Å². The molecule has 0 heterocycles. The molecule has 1 aromatic rings. The molecule has 0 radical (unpaired) electrons. The number of nitrogens with one attached hydrogen (secondary N) is 1. The maximum Gasteiger partial charge on any atom is 0.143 e. The van der Waals surface area contributed by atoms with E-state index >= 15 is 0 Å². The van der Waals surface area contributed by atoms with Gasteiger partial charge in [0.25, 0.3) is 0 Å². The molecule has 0 spiro atoms. The van der Waals surface area contributed by atoms with Gasteiger partial charge < -0.3 is 5.43 Å². The van der Waals surface area contributed by atoms with Crippen LogP contribution in [0.3, 0.4) is 0 Å². The minimum atomic E-state index is 0.478. The summed E-state index contributed by atoms with van der Waals surface area (Å²) < 4.78 is 0. The molecule has 1 aliphatic carbocycles. The lowest BCUT2D eigenvalue weighted by atomic mass is 10.2. The van der Waals surface area contributed by atoms with Crippen LogP contribution in [-0.2, 0) is 0 Å². The smallest absolute Gasteiger partial charge is 0.143 e. The van der Waals surface area contributed by atoms with E-state index in [9.17, 15) is 0 Å². The Kier molecular flexibility index (Phi) is 3.28. The van der Waals surface area contributed by atoms with Crippen molar-refractivity contribution in [2.24, 2.45) is 10.8 Å². The predicted molar refractivity (Wildman–Crippen MR) is 65.1 cm³/mol. The number of hydrogen-bond donors (Lipinski definition) is 2. The zero-order valence-corrected chi connectivity index (χ0v) is 9.55. The first-order valence-corrected chi connectivity index (χ1v) is 6.25. The Morgan fingerprint density at radius 2 is 2.20 bits per heavy atom. The molecule has 1 fully saturated rings. The Bertz CT molecular complexity index is 372. The van der Waals surface area contributed by atoms with Crippen molar-refractivity contribution in [1.29, 1.82) is 0 Å². The number of nitrogens with zero attached hydrogens (tertiary/aromatic N) is 1. The lowest BCUT2D eigenvalue weighted by Crippen LogP contribution is -2.31. The molecule has 1 saturated carbocycles. The topological polar surface area (TPSA) is 50.4 Å². The second kappa shape index (κ2) is 4.68. The van der Waals surface area contributed by atoms with Crippen LogP contribution in [0.25, 0.3) is 0 Å². The molecule has 4 heteroatoms. The summed E-state index contributed by atoms with van der Waals surface area (Å²) in [5.74, 6) is 6.32. The highest BCUT2D eigenvalue weighted by atomic mass is 32.2. The van der Waals surface area contributed by atoms with Crippen LogP contribution < -0.4 is 11.3 Å². The molecule has 3 N–H and O–H groups in total. The van der Waals surface area contributed by atoms with Gasteiger partial charge in [0.1, 0.15) is 5.84 Å². The lowest BCUT2D eigenvalue weighted by Gasteiger charge is -2.09. The second-order valence-electron chi connectivity index (χ2n) is 3.55. The summed E-state index contributed by atoms with van der Waals surface area (Å²) in [6, 6.07) is 8.65. The van der Waals surface area contributed by atoms with Crippen molar-refractivity contribution in [3.05, 3.63) is 29.8 Å². The van der Waals surface area contributed by atoms with Gasteiger partial charge in [-0.15, -0.1) is 11.8 Å². The van der Waals surface area contributed by atoms with Gasteiger partial charge in [-0.1, -0.05) is 18.2 Å². The summed E-state index contributed by atoms with van der Waals surface area (Å²) in [6.45, 7) is 0. The molecule has 15 heavy (non-hydrogen) atoms. The Hall–Kier alpha value is -1.00. The van der Waals surface area contributed by atoms with E-state index in [1.165, 1.54) is 17.7 Å². The zero-order valence-electron chi connectivity index (χ0n) is 8.73. The lowest BCUT2D eigenvalue weighted by molar-refractivity contribution is 0.967. The maximum atomic E-state index is 5.51. The van der Waals surface area contributed by atoms with E-state index in [1.807, 2.05) is 18.2 Å². The monoisotopic (exact) mass is 221 g/mol. The van der Waals surface area contributed by atoms with Gasteiger partial charge in [0.15, 0.2) is 0 Å². The summed E-state index contributed by atoms with van der Waals surface area (Å²) in [5.41, 5.74) is 3.80. The molecule has 80 valence electrons. The summed E-state index contributed by atoms with van der Waals surface area (Å²) in [4.78, 5) is 5.76. The molecule has 0 aromatic heterocycles. The SMILES string of the molecule is CSc1ccccc1C(=NC1CC1)NN. The van der Waals surface area contributed by atoms with Crippen LogP contribution in [0.4, 0.5) is 0 Å². The van der Waals surface area contributed by atoms with Crippen LogP contribution in [0.15, 0.2) is 34.2 Å². The maximum absolute atomic E-state index is 5.51. The minimum absolute atomic E-state index is 0.478. The molecule has 0 amide bonds. The Labute approximate surface area is 94.1 Å². The average Bonchev–Trinajstić information content (AvgIpc) is 3.10. The molecule has 0 saturated heterocycles. The number of nitrogens with two attached hydrogens (primary N) is 1. The number of rotatable bonds is 3. The quantitative estimate of drug-likeness (QED) is 0.269. The standard InChI is InChI=1S/C11H15N3S/c1-15-10-5-3-2-4-9(10)11(14-12)13-8-6-7-8/h2-5,8H,6-7,12H2,1H3,(H,13,14). The largest absolute Gasteiger partial charge is 0.308 e. The molecule has 0 atom stereocenters. The van der Waals surface area contributed by atoms with Crippen LogP contribution in [0.2, 0.25) is 0 Å². The van der Waals surface area contributed by atoms with Gasteiger partial charge >= 0.3 is 0 Å². The van der Waals surface area contributed by atoms with Crippen LogP contribution in [-0.4, -0.2) is 18.1 Å². The number of thioether (sulfide) groups is 1. The van der Waals surface area contributed by atoms with E-state index in [1.54, 1.807) is 11.8 Å². The van der Waals surface area contributed by atoms with E-state index in [0.717, 1.165) is 11.4 Å². The fourth-order valence-electron chi connectivity index (χ4n) is 1.41. The highest BCUT2D eigenvalue weighted by molar-refractivity contribution is 7.98. The summed E-state index contributed by atoms with van der Waals surface area (Å²) in [7, 11) is 0. The fourth-order valence-corrected chi connectivity index (χ4v) is 2.01. The first-order valence-electron chi connectivity index (χ1n) is 5.03. The molecule has 0 bridgehead atoms. The van der Waals surface area contributed by atoms with E-state index in [2.05, 4.69) is 22.7 Å². The average molecular weight is 221 g/mol. The Morgan fingerprint density at radius 1 is 1.47 bits per heavy atom. The summed E-state index contributed by atoms with van der Waals surface area (Å²) >= 11 is 1.71. The molecule has 0 aliphatic heterocycles. The number of hydrogen-bond acceptors (Lipinski definition) is 3. The van der Waals surface area contributed by atoms with Crippen molar-refractivity contribution >= 4 is 17.6 Å². The number of aliphatic imine (C=N–C) groups is 1. The molecular weight excluding hydrogens is 206 g/mol. The number of benzene rings is 1. The summed E-state index contributed by atoms with van der Waals surface area (Å²) in [5, 5.41) is 0. The first-order chi connectivity index (χ1) is 7.35. The first kappa shape index (κ1) is 10.5. The van der Waals surface area contributed by atoms with Gasteiger partial charge in [-0.25, -0.2) is 5.84 Å². The van der Waals surface area contributed by atoms with Crippen molar-refractivity contribution in [2.45, 2.75) is 23.8 Å². The van der Waals surface area contributed by atoms with Gasteiger partial charge in [0, 0.05) is 10.5 Å². The molecule has 1 aliphatic rings. The van der Waals surface area contributed by atoms with Crippen molar-refractivity contribution in [2.75, 3.05) is 6.26 Å². The third-order valence-corrected chi connectivity index (χ3v) is 3.15. The van der Waals surface area contributed by atoms with Crippen molar-refractivity contribution < 1.29 is 0 Å². The van der Waals surface area contributed by atoms with E-state index in [0.29, 0.717) is 6.04 Å².